The van der Waals surface area contributed by atoms with Gasteiger partial charge in [0, 0.05) is 37.7 Å². The minimum Gasteiger partial charge on any atom is -0.340 e. The van der Waals surface area contributed by atoms with Crippen LogP contribution in [0.25, 0.3) is 22.4 Å². The summed E-state index contributed by atoms with van der Waals surface area (Å²) in [5, 5.41) is 0. The lowest BCUT2D eigenvalue weighted by Crippen LogP contribution is -2.49. The maximum Gasteiger partial charge on any atom is 0.225 e. The first-order chi connectivity index (χ1) is 17.1. The quantitative estimate of drug-likeness (QED) is 0.493. The van der Waals surface area contributed by atoms with E-state index in [0.29, 0.717) is 17.7 Å². The molecular weight excluding hydrogens is 432 g/mol. The molecule has 1 amide bonds. The van der Waals surface area contributed by atoms with Crippen LogP contribution in [0.1, 0.15) is 62.0 Å². The molecule has 35 heavy (non-hydrogen) atoms. The normalized spacial score (nSPS) is 24.0. The Bertz CT molecular complexity index is 1160. The molecule has 1 N–H and O–H groups in total. The highest BCUT2D eigenvalue weighted by Gasteiger charge is 2.30. The number of aromatic amines is 1. The zero-order valence-corrected chi connectivity index (χ0v) is 21.0. The molecule has 2 aromatic carbocycles. The topological polar surface area (TPSA) is 52.2 Å². The average Bonchev–Trinajstić information content (AvgIpc) is 3.67. The number of rotatable bonds is 5. The van der Waals surface area contributed by atoms with Crippen molar-refractivity contribution in [1.29, 1.82) is 0 Å². The van der Waals surface area contributed by atoms with Crippen molar-refractivity contribution in [2.75, 3.05) is 33.2 Å². The van der Waals surface area contributed by atoms with Gasteiger partial charge in [-0.05, 0) is 86.7 Å². The van der Waals surface area contributed by atoms with Crippen molar-refractivity contribution in [3.8, 4) is 11.4 Å². The molecule has 0 radical (unpaired) electrons. The summed E-state index contributed by atoms with van der Waals surface area (Å²) in [4.78, 5) is 26.1. The van der Waals surface area contributed by atoms with Crippen LogP contribution in [-0.2, 0) is 11.2 Å². The Hall–Kier alpha value is -2.66. The fraction of sp³-hybridized carbons (Fsp3) is 0.533. The number of carbonyl (C=O) groups is 1. The summed E-state index contributed by atoms with van der Waals surface area (Å²) in [6.45, 7) is 3.80. The SMILES string of the molecule is CN1CCN(C(=O)C2CCCC(Cc3ccc(C4CC4)c(-c4nc5ccccc5[nH]4)c3)CC2)CC1. The fourth-order valence-electron chi connectivity index (χ4n) is 6.21. The van der Waals surface area contributed by atoms with E-state index in [-0.39, 0.29) is 5.92 Å². The first kappa shape index (κ1) is 22.8. The van der Waals surface area contributed by atoms with Crippen LogP contribution in [-0.4, -0.2) is 58.9 Å². The van der Waals surface area contributed by atoms with Crippen LogP contribution in [0.15, 0.2) is 42.5 Å². The molecule has 2 heterocycles. The van der Waals surface area contributed by atoms with Gasteiger partial charge in [-0.15, -0.1) is 0 Å². The molecule has 1 saturated heterocycles. The molecule has 5 heteroatoms. The van der Waals surface area contributed by atoms with Crippen LogP contribution in [0.5, 0.6) is 0 Å². The molecule has 2 aliphatic carbocycles. The molecule has 3 aliphatic rings. The lowest BCUT2D eigenvalue weighted by atomic mass is 9.89. The number of nitrogens with one attached hydrogen (secondary N) is 1. The van der Waals surface area contributed by atoms with Crippen molar-refractivity contribution in [3.05, 3.63) is 53.6 Å². The number of hydrogen-bond donors (Lipinski definition) is 1. The molecule has 2 atom stereocenters. The summed E-state index contributed by atoms with van der Waals surface area (Å²) in [5.41, 5.74) is 6.30. The second-order valence-corrected chi connectivity index (χ2v) is 11.2. The first-order valence-corrected chi connectivity index (χ1v) is 13.7. The predicted octanol–water partition coefficient (Wildman–Crippen LogP) is 5.62. The molecule has 2 unspecified atom stereocenters. The van der Waals surface area contributed by atoms with Gasteiger partial charge in [0.1, 0.15) is 5.82 Å². The summed E-state index contributed by atoms with van der Waals surface area (Å²) < 4.78 is 0. The zero-order valence-electron chi connectivity index (χ0n) is 21.0. The number of para-hydroxylation sites is 2. The highest BCUT2D eigenvalue weighted by atomic mass is 16.2. The third kappa shape index (κ3) is 5.02. The van der Waals surface area contributed by atoms with Crippen LogP contribution in [0, 0.1) is 11.8 Å². The van der Waals surface area contributed by atoms with Crippen LogP contribution < -0.4 is 0 Å². The third-order valence-electron chi connectivity index (χ3n) is 8.56. The monoisotopic (exact) mass is 470 g/mol. The van der Waals surface area contributed by atoms with E-state index in [1.54, 1.807) is 0 Å². The molecule has 0 spiro atoms. The number of fused-ring (bicyclic) bond motifs is 1. The molecule has 6 rings (SSSR count). The Morgan fingerprint density at radius 2 is 1.80 bits per heavy atom. The van der Waals surface area contributed by atoms with Gasteiger partial charge in [-0.1, -0.05) is 37.1 Å². The van der Waals surface area contributed by atoms with E-state index in [1.807, 2.05) is 0 Å². The van der Waals surface area contributed by atoms with Gasteiger partial charge in [0.25, 0.3) is 0 Å². The Balaban J connectivity index is 1.15. The summed E-state index contributed by atoms with van der Waals surface area (Å²) in [5.74, 6) is 3.00. The van der Waals surface area contributed by atoms with Gasteiger partial charge in [-0.25, -0.2) is 4.98 Å². The summed E-state index contributed by atoms with van der Waals surface area (Å²) in [6.07, 6.45) is 9.36. The van der Waals surface area contributed by atoms with Crippen molar-refractivity contribution >= 4 is 16.9 Å². The number of aromatic nitrogens is 2. The molecule has 3 aromatic rings. The largest absolute Gasteiger partial charge is 0.340 e. The van der Waals surface area contributed by atoms with Gasteiger partial charge in [-0.3, -0.25) is 4.79 Å². The Kier molecular flexibility index (Phi) is 6.36. The van der Waals surface area contributed by atoms with Gasteiger partial charge in [0.2, 0.25) is 5.91 Å². The maximum absolute atomic E-state index is 13.2. The molecule has 2 saturated carbocycles. The number of nitrogens with zero attached hydrogens (tertiary/aromatic N) is 3. The van der Waals surface area contributed by atoms with Crippen molar-refractivity contribution < 1.29 is 4.79 Å². The highest BCUT2D eigenvalue weighted by molar-refractivity contribution is 5.80. The smallest absolute Gasteiger partial charge is 0.225 e. The molecule has 1 aromatic heterocycles. The minimum atomic E-state index is 0.228. The predicted molar refractivity (Wildman–Crippen MR) is 141 cm³/mol. The molecular formula is C30H38N4O. The number of likely N-dealkylation sites (N-methyl/N-ethyl adjacent to an activating group) is 1. The van der Waals surface area contributed by atoms with Crippen LogP contribution in [0.3, 0.4) is 0 Å². The number of piperazine rings is 1. The number of carbonyl (C=O) groups excluding carboxylic acids is 1. The number of imidazole rings is 1. The van der Waals surface area contributed by atoms with Crippen molar-refractivity contribution in [2.24, 2.45) is 11.8 Å². The Labute approximate surface area is 208 Å². The Morgan fingerprint density at radius 1 is 0.971 bits per heavy atom. The van der Waals surface area contributed by atoms with Gasteiger partial charge in [0.05, 0.1) is 11.0 Å². The number of hydrogen-bond acceptors (Lipinski definition) is 3. The fourth-order valence-corrected chi connectivity index (χ4v) is 6.21. The summed E-state index contributed by atoms with van der Waals surface area (Å²) >= 11 is 0. The summed E-state index contributed by atoms with van der Waals surface area (Å²) in [7, 11) is 2.15. The van der Waals surface area contributed by atoms with Crippen molar-refractivity contribution in [1.82, 2.24) is 19.8 Å². The second-order valence-electron chi connectivity index (χ2n) is 11.2. The number of amides is 1. The van der Waals surface area contributed by atoms with Gasteiger partial charge in [0.15, 0.2) is 0 Å². The van der Waals surface area contributed by atoms with E-state index in [1.165, 1.54) is 42.4 Å². The van der Waals surface area contributed by atoms with E-state index in [4.69, 9.17) is 4.98 Å². The summed E-state index contributed by atoms with van der Waals surface area (Å²) in [6, 6.07) is 15.4. The van der Waals surface area contributed by atoms with E-state index < -0.39 is 0 Å². The Morgan fingerprint density at radius 3 is 2.60 bits per heavy atom. The number of H-pyrrole nitrogens is 1. The molecule has 1 aliphatic heterocycles. The van der Waals surface area contributed by atoms with Crippen molar-refractivity contribution in [3.63, 3.8) is 0 Å². The van der Waals surface area contributed by atoms with E-state index in [0.717, 1.165) is 68.7 Å². The van der Waals surface area contributed by atoms with Crippen LogP contribution in [0.2, 0.25) is 0 Å². The molecule has 184 valence electrons. The first-order valence-electron chi connectivity index (χ1n) is 13.7. The van der Waals surface area contributed by atoms with Crippen molar-refractivity contribution in [2.45, 2.75) is 57.3 Å². The van der Waals surface area contributed by atoms with E-state index in [9.17, 15) is 4.79 Å². The van der Waals surface area contributed by atoms with Gasteiger partial charge < -0.3 is 14.8 Å². The van der Waals surface area contributed by atoms with E-state index in [2.05, 4.69) is 64.3 Å². The minimum absolute atomic E-state index is 0.228. The number of benzene rings is 2. The highest BCUT2D eigenvalue weighted by Crippen LogP contribution is 2.44. The lowest BCUT2D eigenvalue weighted by Gasteiger charge is -2.34. The van der Waals surface area contributed by atoms with Crippen LogP contribution >= 0.6 is 0 Å². The molecule has 3 fully saturated rings. The zero-order chi connectivity index (χ0) is 23.8. The molecule has 0 bridgehead atoms. The lowest BCUT2D eigenvalue weighted by molar-refractivity contribution is -0.137. The van der Waals surface area contributed by atoms with E-state index >= 15 is 0 Å². The van der Waals surface area contributed by atoms with Crippen LogP contribution in [0.4, 0.5) is 0 Å². The van der Waals surface area contributed by atoms with Gasteiger partial charge >= 0.3 is 0 Å². The standard InChI is InChI=1S/C30H38N4O/c1-33-15-17-34(18-16-33)30(35)24-6-4-5-21(9-11-24)19-22-10-14-25(23-12-13-23)26(20-22)29-31-27-7-2-3-8-28(27)32-29/h2-3,7-8,10,14,20-21,23-24H,4-6,9,11-13,15-19H2,1H3,(H,31,32). The second kappa shape index (κ2) is 9.77. The third-order valence-corrected chi connectivity index (χ3v) is 8.56. The van der Waals surface area contributed by atoms with Gasteiger partial charge in [-0.2, -0.15) is 0 Å². The maximum atomic E-state index is 13.2. The average molecular weight is 471 g/mol. The molecule has 5 nitrogen and oxygen atoms in total.